The summed E-state index contributed by atoms with van der Waals surface area (Å²) in [5, 5.41) is 10.3. The summed E-state index contributed by atoms with van der Waals surface area (Å²) in [6.45, 7) is 5.02. The van der Waals surface area contributed by atoms with Crippen molar-refractivity contribution >= 4 is 0 Å². The molecule has 0 aliphatic heterocycles. The number of aromatic nitrogens is 1. The first-order chi connectivity index (χ1) is 13.2. The fraction of sp³-hybridized carbons (Fsp3) is 0.565. The molecule has 0 spiro atoms. The van der Waals surface area contributed by atoms with Gasteiger partial charge in [0.05, 0.1) is 12.7 Å². The zero-order valence-electron chi connectivity index (χ0n) is 16.8. The Hall–Kier alpha value is -1.62. The molecule has 3 rings (SSSR count). The molecule has 1 aromatic carbocycles. The molecule has 0 bridgehead atoms. The average molecular weight is 371 g/mol. The lowest BCUT2D eigenvalue weighted by Crippen LogP contribution is -2.42. The quantitative estimate of drug-likeness (QED) is 0.725. The first kappa shape index (κ1) is 20.1. The van der Waals surface area contributed by atoms with Gasteiger partial charge in [-0.1, -0.05) is 43.5 Å². The predicted molar refractivity (Wildman–Crippen MR) is 110 cm³/mol. The molecule has 1 N–H and O–H groups in total. The number of rotatable bonds is 9. The lowest BCUT2D eigenvalue weighted by molar-refractivity contribution is 0.0174. The van der Waals surface area contributed by atoms with E-state index in [0.717, 1.165) is 13.1 Å². The number of methoxy groups -OCH3 is 1. The summed E-state index contributed by atoms with van der Waals surface area (Å²) in [4.78, 5) is 2.48. The molecule has 1 aromatic heterocycles. The van der Waals surface area contributed by atoms with Crippen LogP contribution in [0.3, 0.4) is 0 Å². The van der Waals surface area contributed by atoms with Gasteiger partial charge in [-0.25, -0.2) is 0 Å². The van der Waals surface area contributed by atoms with Crippen molar-refractivity contribution in [1.29, 1.82) is 0 Å². The van der Waals surface area contributed by atoms with Crippen LogP contribution in [0.5, 0.6) is 0 Å². The number of aliphatic hydroxyl groups is 1. The number of hydrogen-bond donors (Lipinski definition) is 1. The van der Waals surface area contributed by atoms with Gasteiger partial charge < -0.3 is 14.4 Å². The van der Waals surface area contributed by atoms with E-state index in [-0.39, 0.29) is 0 Å². The van der Waals surface area contributed by atoms with Crippen LogP contribution < -0.4 is 0 Å². The topological polar surface area (TPSA) is 37.6 Å². The highest BCUT2D eigenvalue weighted by Crippen LogP contribution is 2.25. The van der Waals surface area contributed by atoms with Crippen LogP contribution in [0.15, 0.2) is 42.6 Å². The number of benzene rings is 1. The van der Waals surface area contributed by atoms with E-state index in [4.69, 9.17) is 4.74 Å². The molecule has 1 atom stereocenters. The molecular weight excluding hydrogens is 336 g/mol. The van der Waals surface area contributed by atoms with Crippen LogP contribution in [0.25, 0.3) is 0 Å². The van der Waals surface area contributed by atoms with Gasteiger partial charge in [0.1, 0.15) is 0 Å². The number of hydrogen-bond acceptors (Lipinski definition) is 3. The molecule has 27 heavy (non-hydrogen) atoms. The van der Waals surface area contributed by atoms with Crippen molar-refractivity contribution in [2.24, 2.45) is 0 Å². The summed E-state index contributed by atoms with van der Waals surface area (Å²) in [5.74, 6) is 0. The fourth-order valence-electron chi connectivity index (χ4n) is 4.23. The Labute approximate surface area is 163 Å². The van der Waals surface area contributed by atoms with Crippen molar-refractivity contribution in [2.45, 2.75) is 64.3 Å². The van der Waals surface area contributed by atoms with Crippen molar-refractivity contribution in [3.05, 3.63) is 59.4 Å². The molecule has 148 valence electrons. The molecule has 2 aromatic rings. The summed E-state index contributed by atoms with van der Waals surface area (Å²) in [6.07, 6.45) is 8.14. The Kier molecular flexibility index (Phi) is 7.50. The number of aryl methyl sites for hydroxylation is 1. The van der Waals surface area contributed by atoms with Gasteiger partial charge in [-0.3, -0.25) is 4.90 Å². The number of nitrogens with zero attached hydrogens (tertiary/aromatic N) is 2. The summed E-state index contributed by atoms with van der Waals surface area (Å²) in [6, 6.07) is 13.5. The molecule has 1 fully saturated rings. The second kappa shape index (κ2) is 10.1. The molecule has 4 nitrogen and oxygen atoms in total. The summed E-state index contributed by atoms with van der Waals surface area (Å²) in [5.41, 5.74) is 4.00. The lowest BCUT2D eigenvalue weighted by atomic mass is 9.94. The molecule has 0 radical (unpaired) electrons. The Morgan fingerprint density at radius 3 is 2.67 bits per heavy atom. The van der Waals surface area contributed by atoms with Crippen molar-refractivity contribution in [1.82, 2.24) is 9.47 Å². The summed E-state index contributed by atoms with van der Waals surface area (Å²) >= 11 is 0. The third kappa shape index (κ3) is 5.68. The van der Waals surface area contributed by atoms with Crippen molar-refractivity contribution in [3.63, 3.8) is 0 Å². The Bertz CT molecular complexity index is 691. The highest BCUT2D eigenvalue weighted by molar-refractivity contribution is 5.26. The normalized spacial score (nSPS) is 16.7. The maximum atomic E-state index is 10.3. The van der Waals surface area contributed by atoms with Crippen molar-refractivity contribution in [3.8, 4) is 0 Å². The van der Waals surface area contributed by atoms with Gasteiger partial charge in [0.25, 0.3) is 0 Å². The van der Waals surface area contributed by atoms with Crippen LogP contribution in [0, 0.1) is 6.92 Å². The van der Waals surface area contributed by atoms with Gasteiger partial charge in [-0.2, -0.15) is 0 Å². The predicted octanol–water partition coefficient (Wildman–Crippen LogP) is 3.99. The highest BCUT2D eigenvalue weighted by atomic mass is 16.5. The Balaban J connectivity index is 1.73. The summed E-state index contributed by atoms with van der Waals surface area (Å²) < 4.78 is 7.51. The van der Waals surface area contributed by atoms with E-state index in [0.29, 0.717) is 19.2 Å². The minimum atomic E-state index is -0.434. The average Bonchev–Trinajstić information content (AvgIpc) is 3.11. The fourth-order valence-corrected chi connectivity index (χ4v) is 4.23. The molecule has 4 heteroatoms. The molecular formula is C23H34N2O2. The second-order valence-electron chi connectivity index (χ2n) is 7.88. The van der Waals surface area contributed by atoms with Crippen LogP contribution in [-0.2, 0) is 17.8 Å². The van der Waals surface area contributed by atoms with Crippen LogP contribution in [0.2, 0.25) is 0 Å². The monoisotopic (exact) mass is 370 g/mol. The van der Waals surface area contributed by atoms with E-state index in [1.807, 2.05) is 0 Å². The standard InChI is InChI=1S/C23H34N2O2/c1-19-9-6-7-10-20(19)15-24-14-8-13-22(24)16-25(17-23(26)18-27-2)21-11-4-3-5-12-21/h6-10,13-14,21,23,26H,3-5,11-12,15-18H2,1-2H3/t23-/m1/s1. The first-order valence-corrected chi connectivity index (χ1v) is 10.3. The maximum Gasteiger partial charge on any atom is 0.0900 e. The third-order valence-electron chi connectivity index (χ3n) is 5.79. The van der Waals surface area contributed by atoms with Crippen LogP contribution in [-0.4, -0.2) is 47.0 Å². The van der Waals surface area contributed by atoms with Crippen molar-refractivity contribution in [2.75, 3.05) is 20.3 Å². The molecule has 1 aliphatic carbocycles. The third-order valence-corrected chi connectivity index (χ3v) is 5.79. The van der Waals surface area contributed by atoms with Gasteiger partial charge in [0.15, 0.2) is 0 Å². The van der Waals surface area contributed by atoms with E-state index >= 15 is 0 Å². The van der Waals surface area contributed by atoms with Crippen LogP contribution in [0.1, 0.15) is 48.9 Å². The van der Waals surface area contributed by atoms with E-state index < -0.39 is 6.10 Å². The van der Waals surface area contributed by atoms with Gasteiger partial charge in [0, 0.05) is 44.7 Å². The highest BCUT2D eigenvalue weighted by Gasteiger charge is 2.24. The smallest absolute Gasteiger partial charge is 0.0900 e. The minimum absolute atomic E-state index is 0.396. The van der Waals surface area contributed by atoms with Crippen LogP contribution in [0.4, 0.5) is 0 Å². The molecule has 0 amide bonds. The second-order valence-corrected chi connectivity index (χ2v) is 7.88. The van der Waals surface area contributed by atoms with Gasteiger partial charge >= 0.3 is 0 Å². The SMILES string of the molecule is COC[C@H](O)CN(Cc1cccn1Cc1ccccc1C)C1CCCCC1. The van der Waals surface area contributed by atoms with Gasteiger partial charge in [0.2, 0.25) is 0 Å². The number of ether oxygens (including phenoxy) is 1. The Morgan fingerprint density at radius 1 is 1.15 bits per heavy atom. The minimum Gasteiger partial charge on any atom is -0.389 e. The number of aliphatic hydroxyl groups excluding tert-OH is 1. The first-order valence-electron chi connectivity index (χ1n) is 10.3. The molecule has 0 saturated heterocycles. The van der Waals surface area contributed by atoms with E-state index in [1.54, 1.807) is 7.11 Å². The molecule has 1 saturated carbocycles. The maximum absolute atomic E-state index is 10.3. The largest absolute Gasteiger partial charge is 0.389 e. The molecule has 1 aliphatic rings. The molecule has 0 unspecified atom stereocenters. The lowest BCUT2D eigenvalue weighted by Gasteiger charge is -2.35. The molecule has 1 heterocycles. The van der Waals surface area contributed by atoms with E-state index in [1.165, 1.54) is 48.9 Å². The van der Waals surface area contributed by atoms with E-state index in [2.05, 4.69) is 59.0 Å². The Morgan fingerprint density at radius 2 is 1.93 bits per heavy atom. The van der Waals surface area contributed by atoms with E-state index in [9.17, 15) is 5.11 Å². The van der Waals surface area contributed by atoms with Gasteiger partial charge in [-0.05, 0) is 43.0 Å². The zero-order valence-corrected chi connectivity index (χ0v) is 16.8. The zero-order chi connectivity index (χ0) is 19.1. The van der Waals surface area contributed by atoms with Gasteiger partial charge in [-0.15, -0.1) is 0 Å². The van der Waals surface area contributed by atoms with Crippen molar-refractivity contribution < 1.29 is 9.84 Å². The van der Waals surface area contributed by atoms with Crippen LogP contribution >= 0.6 is 0 Å². The summed E-state index contributed by atoms with van der Waals surface area (Å²) in [7, 11) is 1.65.